The van der Waals surface area contributed by atoms with E-state index in [1.165, 1.54) is 0 Å². The van der Waals surface area contributed by atoms with Crippen molar-refractivity contribution in [2.75, 3.05) is 6.54 Å². The molecule has 0 radical (unpaired) electrons. The monoisotopic (exact) mass is 151 g/mol. The first kappa shape index (κ1) is 6.46. The molecule has 11 heavy (non-hydrogen) atoms. The van der Waals surface area contributed by atoms with Gasteiger partial charge in [-0.3, -0.25) is 0 Å². The second kappa shape index (κ2) is 1.87. The first-order valence-electron chi connectivity index (χ1n) is 3.60. The van der Waals surface area contributed by atoms with Gasteiger partial charge in [0.05, 0.1) is 6.04 Å². The van der Waals surface area contributed by atoms with E-state index in [4.69, 9.17) is 5.11 Å². The summed E-state index contributed by atoms with van der Waals surface area (Å²) in [5, 5.41) is 8.70. The lowest BCUT2D eigenvalue weighted by molar-refractivity contribution is -0.135. The number of nitrogens with zero attached hydrogens (tertiary/aromatic N) is 1. The Morgan fingerprint density at radius 2 is 2.55 bits per heavy atom. The van der Waals surface area contributed by atoms with E-state index < -0.39 is 5.97 Å². The fraction of sp³-hybridized carbons (Fsp3) is 0.375. The van der Waals surface area contributed by atoms with Gasteiger partial charge in [0.1, 0.15) is 5.70 Å². The van der Waals surface area contributed by atoms with Gasteiger partial charge in [0.2, 0.25) is 0 Å². The van der Waals surface area contributed by atoms with Crippen molar-refractivity contribution in [1.29, 1.82) is 0 Å². The number of carbonyl (C=O) groups is 1. The molecule has 3 nitrogen and oxygen atoms in total. The summed E-state index contributed by atoms with van der Waals surface area (Å²) in [7, 11) is 0. The van der Waals surface area contributed by atoms with E-state index in [9.17, 15) is 4.79 Å². The molecule has 2 rings (SSSR count). The zero-order chi connectivity index (χ0) is 8.01. The average molecular weight is 151 g/mol. The van der Waals surface area contributed by atoms with Crippen molar-refractivity contribution < 1.29 is 9.90 Å². The normalized spacial score (nSPS) is 27.6. The van der Waals surface area contributed by atoms with Crippen LogP contribution in [0.25, 0.3) is 0 Å². The van der Waals surface area contributed by atoms with Crippen molar-refractivity contribution in [2.45, 2.75) is 12.5 Å². The highest BCUT2D eigenvalue weighted by Crippen LogP contribution is 2.35. The van der Waals surface area contributed by atoms with Gasteiger partial charge in [-0.25, -0.2) is 4.79 Å². The number of carboxylic acid groups (broad SMARTS) is 1. The molecule has 3 heteroatoms. The molecular formula is C8H9NO2. The average Bonchev–Trinajstić information content (AvgIpc) is 2.02. The van der Waals surface area contributed by atoms with Crippen molar-refractivity contribution in [1.82, 2.24) is 4.90 Å². The van der Waals surface area contributed by atoms with Crippen LogP contribution < -0.4 is 0 Å². The van der Waals surface area contributed by atoms with Gasteiger partial charge in [-0.1, -0.05) is 6.58 Å². The molecule has 0 bridgehead atoms. The van der Waals surface area contributed by atoms with Crippen LogP contribution in [0.5, 0.6) is 0 Å². The molecule has 0 spiro atoms. The molecule has 0 aliphatic carbocycles. The van der Waals surface area contributed by atoms with Crippen molar-refractivity contribution in [3.63, 3.8) is 0 Å². The summed E-state index contributed by atoms with van der Waals surface area (Å²) in [5.74, 6) is -0.839. The minimum Gasteiger partial charge on any atom is -0.477 e. The summed E-state index contributed by atoms with van der Waals surface area (Å²) in [6, 6.07) is 0.293. The Morgan fingerprint density at radius 1 is 1.82 bits per heavy atom. The van der Waals surface area contributed by atoms with E-state index in [0.717, 1.165) is 18.5 Å². The molecule has 1 unspecified atom stereocenters. The van der Waals surface area contributed by atoms with Crippen molar-refractivity contribution in [3.05, 3.63) is 23.9 Å². The topological polar surface area (TPSA) is 40.5 Å². The largest absolute Gasteiger partial charge is 0.477 e. The number of carboxylic acids is 1. The van der Waals surface area contributed by atoms with Crippen LogP contribution in [0.15, 0.2) is 23.9 Å². The molecule has 1 fully saturated rings. The maximum Gasteiger partial charge on any atom is 0.352 e. The third-order valence-corrected chi connectivity index (χ3v) is 2.30. The van der Waals surface area contributed by atoms with Gasteiger partial charge < -0.3 is 10.0 Å². The number of aliphatic carboxylic acids is 1. The van der Waals surface area contributed by atoms with Gasteiger partial charge in [-0.05, 0) is 18.1 Å². The molecule has 1 saturated heterocycles. The zero-order valence-electron chi connectivity index (χ0n) is 6.08. The Bertz CT molecular complexity index is 267. The highest BCUT2D eigenvalue weighted by atomic mass is 16.4. The summed E-state index contributed by atoms with van der Waals surface area (Å²) in [6.07, 6.45) is 2.71. The smallest absolute Gasteiger partial charge is 0.352 e. The summed E-state index contributed by atoms with van der Waals surface area (Å²) in [6.45, 7) is 4.65. The predicted molar refractivity (Wildman–Crippen MR) is 40.0 cm³/mol. The van der Waals surface area contributed by atoms with Crippen LogP contribution in [0.1, 0.15) is 6.42 Å². The molecule has 0 aromatic heterocycles. The third-order valence-electron chi connectivity index (χ3n) is 2.30. The molecule has 0 saturated carbocycles. The quantitative estimate of drug-likeness (QED) is 0.596. The second-order valence-corrected chi connectivity index (χ2v) is 2.91. The standard InChI is InChI=1S/C8H9NO2/c1-5-4-7(8(10)11)9-3-2-6(5)9/h4,6H,1-3H2,(H,10,11). The van der Waals surface area contributed by atoms with Crippen LogP contribution in [-0.4, -0.2) is 28.6 Å². The Hall–Kier alpha value is -1.25. The number of rotatable bonds is 1. The summed E-state index contributed by atoms with van der Waals surface area (Å²) in [5.41, 5.74) is 1.35. The third kappa shape index (κ3) is 0.707. The van der Waals surface area contributed by atoms with Gasteiger partial charge >= 0.3 is 5.97 Å². The van der Waals surface area contributed by atoms with E-state index in [1.807, 2.05) is 4.90 Å². The Balaban J connectivity index is 2.29. The van der Waals surface area contributed by atoms with Crippen LogP contribution in [0.4, 0.5) is 0 Å². The van der Waals surface area contributed by atoms with Gasteiger partial charge in [0.15, 0.2) is 0 Å². The lowest BCUT2D eigenvalue weighted by atomic mass is 10.0. The van der Waals surface area contributed by atoms with Crippen molar-refractivity contribution in [3.8, 4) is 0 Å². The van der Waals surface area contributed by atoms with Crippen LogP contribution in [0, 0.1) is 0 Å². The van der Waals surface area contributed by atoms with Gasteiger partial charge in [-0.15, -0.1) is 0 Å². The highest BCUT2D eigenvalue weighted by molar-refractivity contribution is 5.88. The van der Waals surface area contributed by atoms with Crippen LogP contribution in [0.2, 0.25) is 0 Å². The molecule has 2 aliphatic heterocycles. The van der Waals surface area contributed by atoms with Crippen LogP contribution in [-0.2, 0) is 4.79 Å². The zero-order valence-corrected chi connectivity index (χ0v) is 6.08. The molecule has 1 atom stereocenters. The fourth-order valence-electron chi connectivity index (χ4n) is 1.60. The molecular weight excluding hydrogens is 142 g/mol. The second-order valence-electron chi connectivity index (χ2n) is 2.91. The molecule has 1 N–H and O–H groups in total. The van der Waals surface area contributed by atoms with E-state index in [1.54, 1.807) is 6.08 Å². The lowest BCUT2D eigenvalue weighted by Gasteiger charge is -2.38. The lowest BCUT2D eigenvalue weighted by Crippen LogP contribution is -2.45. The van der Waals surface area contributed by atoms with E-state index >= 15 is 0 Å². The molecule has 58 valence electrons. The molecule has 0 amide bonds. The first-order chi connectivity index (χ1) is 5.20. The van der Waals surface area contributed by atoms with E-state index in [-0.39, 0.29) is 0 Å². The molecule has 2 aliphatic rings. The first-order valence-corrected chi connectivity index (χ1v) is 3.60. The maximum absolute atomic E-state index is 10.6. The van der Waals surface area contributed by atoms with E-state index in [0.29, 0.717) is 11.7 Å². The number of hydrogen-bond donors (Lipinski definition) is 1. The summed E-state index contributed by atoms with van der Waals surface area (Å²) in [4.78, 5) is 12.5. The number of fused-ring (bicyclic) bond motifs is 1. The minimum absolute atomic E-state index is 0.293. The molecule has 0 aromatic carbocycles. The Morgan fingerprint density at radius 3 is 2.82 bits per heavy atom. The van der Waals surface area contributed by atoms with Crippen LogP contribution >= 0.6 is 0 Å². The summed E-state index contributed by atoms with van der Waals surface area (Å²) >= 11 is 0. The van der Waals surface area contributed by atoms with Crippen molar-refractivity contribution in [2.24, 2.45) is 0 Å². The molecule has 0 aromatic rings. The fourth-order valence-corrected chi connectivity index (χ4v) is 1.60. The molecule has 2 heterocycles. The number of hydrogen-bond acceptors (Lipinski definition) is 2. The van der Waals surface area contributed by atoms with Gasteiger partial charge in [0, 0.05) is 6.54 Å². The van der Waals surface area contributed by atoms with E-state index in [2.05, 4.69) is 6.58 Å². The van der Waals surface area contributed by atoms with Gasteiger partial charge in [0.25, 0.3) is 0 Å². The Labute approximate surface area is 64.6 Å². The Kier molecular flexibility index (Phi) is 1.10. The minimum atomic E-state index is -0.839. The predicted octanol–water partition coefficient (Wildman–Crippen LogP) is 0.599. The van der Waals surface area contributed by atoms with Crippen LogP contribution in [0.3, 0.4) is 0 Å². The SMILES string of the molecule is C=C1C=C(C(=O)O)N2CCC12. The van der Waals surface area contributed by atoms with Crippen molar-refractivity contribution >= 4 is 5.97 Å². The maximum atomic E-state index is 10.6. The summed E-state index contributed by atoms with van der Waals surface area (Å²) < 4.78 is 0. The highest BCUT2D eigenvalue weighted by Gasteiger charge is 2.38. The van der Waals surface area contributed by atoms with Gasteiger partial charge in [-0.2, -0.15) is 0 Å².